The zero-order chi connectivity index (χ0) is 18.8. The van der Waals surface area contributed by atoms with Crippen LogP contribution in [-0.4, -0.2) is 35.8 Å². The van der Waals surface area contributed by atoms with Crippen molar-refractivity contribution in [1.82, 2.24) is 24.7 Å². The molecule has 6 nitrogen and oxygen atoms in total. The zero-order valence-electron chi connectivity index (χ0n) is 14.3. The monoisotopic (exact) mass is 387 g/mol. The Morgan fingerprint density at radius 1 is 1.26 bits per heavy atom. The van der Waals surface area contributed by atoms with Crippen LogP contribution in [0.4, 0.5) is 8.78 Å². The maximum Gasteiger partial charge on any atom is 0.248 e. The Hall–Kier alpha value is -2.52. The number of aliphatic hydroxyl groups excluding tert-OH is 1. The van der Waals surface area contributed by atoms with E-state index in [0.29, 0.717) is 22.0 Å². The number of aromatic nitrogens is 5. The van der Waals surface area contributed by atoms with E-state index >= 15 is 0 Å². The number of nitrogens with zero attached hydrogens (tertiary/aromatic N) is 5. The topological polar surface area (TPSA) is 76.7 Å². The fraction of sp³-hybridized carbons (Fsp3) is 0.333. The van der Waals surface area contributed by atoms with Crippen molar-refractivity contribution in [2.24, 2.45) is 13.0 Å². The van der Waals surface area contributed by atoms with Gasteiger partial charge in [0, 0.05) is 49.2 Å². The highest BCUT2D eigenvalue weighted by atomic mass is 32.1. The highest BCUT2D eigenvalue weighted by Crippen LogP contribution is 2.49. The number of alkyl halides is 2. The molecule has 0 aromatic carbocycles. The molecule has 5 rings (SSSR count). The van der Waals surface area contributed by atoms with Crippen LogP contribution in [0.1, 0.15) is 24.0 Å². The molecular weight excluding hydrogens is 372 g/mol. The van der Waals surface area contributed by atoms with E-state index in [1.54, 1.807) is 10.9 Å². The van der Waals surface area contributed by atoms with Crippen LogP contribution in [0.3, 0.4) is 0 Å². The van der Waals surface area contributed by atoms with Gasteiger partial charge in [-0.25, -0.2) is 23.7 Å². The summed E-state index contributed by atoms with van der Waals surface area (Å²) in [5.74, 6) is -3.11. The smallest absolute Gasteiger partial charge is 0.248 e. The van der Waals surface area contributed by atoms with Crippen LogP contribution in [0.2, 0.25) is 0 Å². The van der Waals surface area contributed by atoms with Gasteiger partial charge in [-0.05, 0) is 18.2 Å². The van der Waals surface area contributed by atoms with Gasteiger partial charge in [0.15, 0.2) is 11.3 Å². The van der Waals surface area contributed by atoms with E-state index < -0.39 is 17.9 Å². The first kappa shape index (κ1) is 16.6. The number of hydrogen-bond donors (Lipinski definition) is 1. The number of halogens is 2. The fourth-order valence-corrected chi connectivity index (χ4v) is 4.42. The predicted octanol–water partition coefficient (Wildman–Crippen LogP) is 3.72. The standard InChI is InChI=1S/C18H15F2N5OS/c1-25-8-10-4-9(7-21-15(10)24-25)12-2-3-13-16(22-12)23-17(27-13)14(26)11-5-18(19,20)6-11/h2-4,7-8,11,14,26H,5-6H2,1H3. The van der Waals surface area contributed by atoms with Crippen LogP contribution < -0.4 is 0 Å². The summed E-state index contributed by atoms with van der Waals surface area (Å²) in [4.78, 5) is 13.3. The molecule has 0 saturated heterocycles. The van der Waals surface area contributed by atoms with Gasteiger partial charge in [0.1, 0.15) is 11.1 Å². The van der Waals surface area contributed by atoms with Crippen LogP contribution in [-0.2, 0) is 7.05 Å². The summed E-state index contributed by atoms with van der Waals surface area (Å²) in [5, 5.41) is 16.0. The minimum absolute atomic E-state index is 0.292. The average Bonchev–Trinajstić information content (AvgIpc) is 3.19. The summed E-state index contributed by atoms with van der Waals surface area (Å²) >= 11 is 1.30. The van der Waals surface area contributed by atoms with Crippen molar-refractivity contribution in [3.8, 4) is 11.3 Å². The van der Waals surface area contributed by atoms with Crippen molar-refractivity contribution in [2.75, 3.05) is 0 Å². The van der Waals surface area contributed by atoms with E-state index in [0.717, 1.165) is 15.6 Å². The molecule has 0 spiro atoms. The number of aliphatic hydroxyl groups is 1. The fourth-order valence-electron chi connectivity index (χ4n) is 3.43. The van der Waals surface area contributed by atoms with Crippen molar-refractivity contribution < 1.29 is 13.9 Å². The maximum absolute atomic E-state index is 13.1. The average molecular weight is 387 g/mol. The van der Waals surface area contributed by atoms with Crippen LogP contribution >= 0.6 is 11.3 Å². The van der Waals surface area contributed by atoms with Gasteiger partial charge in [-0.15, -0.1) is 11.3 Å². The molecule has 1 aliphatic rings. The highest BCUT2D eigenvalue weighted by molar-refractivity contribution is 7.18. The first-order chi connectivity index (χ1) is 12.9. The molecule has 27 heavy (non-hydrogen) atoms. The Morgan fingerprint density at radius 3 is 2.85 bits per heavy atom. The van der Waals surface area contributed by atoms with Gasteiger partial charge in [-0.3, -0.25) is 4.68 Å². The SMILES string of the molecule is Cn1cc2cc(-c3ccc4sc(C(O)C5CC(F)(F)C5)nc4n3)cnc2n1. The molecule has 1 unspecified atom stereocenters. The largest absolute Gasteiger partial charge is 0.386 e. The van der Waals surface area contributed by atoms with E-state index in [4.69, 9.17) is 0 Å². The molecule has 4 heterocycles. The van der Waals surface area contributed by atoms with Gasteiger partial charge in [0.25, 0.3) is 0 Å². The van der Waals surface area contributed by atoms with Gasteiger partial charge in [0.05, 0.1) is 10.4 Å². The number of pyridine rings is 2. The van der Waals surface area contributed by atoms with E-state index in [1.807, 2.05) is 31.4 Å². The maximum atomic E-state index is 13.1. The van der Waals surface area contributed by atoms with Gasteiger partial charge in [-0.1, -0.05) is 0 Å². The van der Waals surface area contributed by atoms with Crippen molar-refractivity contribution in [2.45, 2.75) is 24.9 Å². The molecule has 0 aliphatic heterocycles. The van der Waals surface area contributed by atoms with E-state index in [-0.39, 0.29) is 12.8 Å². The summed E-state index contributed by atoms with van der Waals surface area (Å²) in [5.41, 5.74) is 2.72. The normalized spacial score (nSPS) is 18.1. The van der Waals surface area contributed by atoms with Crippen LogP contribution in [0, 0.1) is 5.92 Å². The second-order valence-electron chi connectivity index (χ2n) is 6.98. The molecule has 4 aromatic rings. The molecule has 0 bridgehead atoms. The van der Waals surface area contributed by atoms with Crippen molar-refractivity contribution in [1.29, 1.82) is 0 Å². The molecule has 0 amide bonds. The number of rotatable bonds is 3. The Bertz CT molecular complexity index is 1160. The third-order valence-electron chi connectivity index (χ3n) is 4.86. The van der Waals surface area contributed by atoms with E-state index in [2.05, 4.69) is 20.1 Å². The minimum atomic E-state index is -2.66. The predicted molar refractivity (Wildman–Crippen MR) is 97.5 cm³/mol. The number of hydrogen-bond acceptors (Lipinski definition) is 6. The molecular formula is C18H15F2N5OS. The Balaban J connectivity index is 1.47. The van der Waals surface area contributed by atoms with Crippen LogP contribution in [0.25, 0.3) is 32.6 Å². The van der Waals surface area contributed by atoms with Gasteiger partial charge in [-0.2, -0.15) is 5.10 Å². The second kappa shape index (κ2) is 5.74. The summed E-state index contributed by atoms with van der Waals surface area (Å²) in [6, 6.07) is 5.71. The first-order valence-electron chi connectivity index (χ1n) is 8.51. The Labute approximate surface area is 156 Å². The van der Waals surface area contributed by atoms with E-state index in [9.17, 15) is 13.9 Å². The lowest BCUT2D eigenvalue weighted by molar-refractivity contribution is -0.142. The third kappa shape index (κ3) is 2.87. The second-order valence-corrected chi connectivity index (χ2v) is 8.04. The van der Waals surface area contributed by atoms with Crippen molar-refractivity contribution >= 4 is 32.7 Å². The van der Waals surface area contributed by atoms with Crippen LogP contribution in [0.15, 0.2) is 30.6 Å². The molecule has 0 radical (unpaired) electrons. The summed E-state index contributed by atoms with van der Waals surface area (Å²) in [6.07, 6.45) is 2.04. The third-order valence-corrected chi connectivity index (χ3v) is 5.94. The molecule has 4 aromatic heterocycles. The molecule has 1 aliphatic carbocycles. The lowest BCUT2D eigenvalue weighted by atomic mass is 9.78. The minimum Gasteiger partial charge on any atom is -0.386 e. The lowest BCUT2D eigenvalue weighted by Crippen LogP contribution is -2.38. The lowest BCUT2D eigenvalue weighted by Gasteiger charge is -2.37. The van der Waals surface area contributed by atoms with Crippen molar-refractivity contribution in [3.63, 3.8) is 0 Å². The number of fused-ring (bicyclic) bond motifs is 2. The number of aryl methyl sites for hydroxylation is 1. The highest BCUT2D eigenvalue weighted by Gasteiger charge is 2.49. The van der Waals surface area contributed by atoms with Crippen molar-refractivity contribution in [3.05, 3.63) is 35.6 Å². The first-order valence-corrected chi connectivity index (χ1v) is 9.33. The molecule has 1 N–H and O–H groups in total. The summed E-state index contributed by atoms with van der Waals surface area (Å²) in [6.45, 7) is 0. The number of thiazole rings is 1. The van der Waals surface area contributed by atoms with Gasteiger partial charge >= 0.3 is 0 Å². The van der Waals surface area contributed by atoms with Gasteiger partial charge < -0.3 is 5.11 Å². The molecule has 1 saturated carbocycles. The summed E-state index contributed by atoms with van der Waals surface area (Å²) < 4.78 is 28.7. The summed E-state index contributed by atoms with van der Waals surface area (Å²) in [7, 11) is 1.84. The molecule has 138 valence electrons. The van der Waals surface area contributed by atoms with E-state index in [1.165, 1.54) is 11.3 Å². The van der Waals surface area contributed by atoms with Gasteiger partial charge in [0.2, 0.25) is 5.92 Å². The van der Waals surface area contributed by atoms with Crippen LogP contribution in [0.5, 0.6) is 0 Å². The Kier molecular flexibility index (Phi) is 3.54. The molecule has 9 heteroatoms. The molecule has 1 atom stereocenters. The Morgan fingerprint density at radius 2 is 2.07 bits per heavy atom. The zero-order valence-corrected chi connectivity index (χ0v) is 15.1. The molecule has 1 fully saturated rings. The quantitative estimate of drug-likeness (QED) is 0.580.